The van der Waals surface area contributed by atoms with Gasteiger partial charge in [-0.15, -0.1) is 11.6 Å². The standard InChI is InChI=1S/C10H11ClN6O/c1-6-9-10(16(2)14-6)17(8(3-11)13-9)4-7-12-5-18-15-7/h5H,3-4H2,1-2H3. The van der Waals surface area contributed by atoms with Gasteiger partial charge in [0.05, 0.1) is 18.1 Å². The van der Waals surface area contributed by atoms with Crippen LogP contribution in [-0.2, 0) is 19.5 Å². The van der Waals surface area contributed by atoms with Crippen LogP contribution in [0.3, 0.4) is 0 Å². The molecule has 0 unspecified atom stereocenters. The Morgan fingerprint density at radius 1 is 1.44 bits per heavy atom. The van der Waals surface area contributed by atoms with Crippen LogP contribution in [0, 0.1) is 6.92 Å². The van der Waals surface area contributed by atoms with Crippen molar-refractivity contribution in [3.05, 3.63) is 23.7 Å². The van der Waals surface area contributed by atoms with Crippen LogP contribution < -0.4 is 0 Å². The van der Waals surface area contributed by atoms with E-state index < -0.39 is 0 Å². The monoisotopic (exact) mass is 266 g/mol. The summed E-state index contributed by atoms with van der Waals surface area (Å²) < 4.78 is 8.47. The number of halogens is 1. The highest BCUT2D eigenvalue weighted by molar-refractivity contribution is 6.16. The van der Waals surface area contributed by atoms with E-state index in [1.54, 1.807) is 4.68 Å². The van der Waals surface area contributed by atoms with E-state index in [2.05, 4.69) is 20.2 Å². The second-order valence-corrected chi connectivity index (χ2v) is 4.24. The average Bonchev–Trinajstić information content (AvgIpc) is 3.01. The lowest BCUT2D eigenvalue weighted by molar-refractivity contribution is 0.408. The average molecular weight is 267 g/mol. The summed E-state index contributed by atoms with van der Waals surface area (Å²) in [7, 11) is 1.88. The summed E-state index contributed by atoms with van der Waals surface area (Å²) in [5.74, 6) is 1.68. The molecular weight excluding hydrogens is 256 g/mol. The van der Waals surface area contributed by atoms with E-state index in [4.69, 9.17) is 16.1 Å². The number of hydrogen-bond donors (Lipinski definition) is 0. The molecule has 0 saturated heterocycles. The lowest BCUT2D eigenvalue weighted by Gasteiger charge is -2.04. The molecular formula is C10H11ClN6O. The summed E-state index contributed by atoms with van der Waals surface area (Å²) in [6, 6.07) is 0. The van der Waals surface area contributed by atoms with Crippen LogP contribution in [0.15, 0.2) is 10.9 Å². The van der Waals surface area contributed by atoms with E-state index in [-0.39, 0.29) is 0 Å². The molecule has 0 saturated carbocycles. The van der Waals surface area contributed by atoms with Crippen molar-refractivity contribution in [2.45, 2.75) is 19.3 Å². The number of alkyl halides is 1. The fourth-order valence-corrected chi connectivity index (χ4v) is 2.26. The third-order valence-corrected chi connectivity index (χ3v) is 3.03. The zero-order valence-corrected chi connectivity index (χ0v) is 10.7. The summed E-state index contributed by atoms with van der Waals surface area (Å²) in [6.07, 6.45) is 1.30. The van der Waals surface area contributed by atoms with Crippen molar-refractivity contribution in [2.24, 2.45) is 7.05 Å². The molecule has 0 radical (unpaired) electrons. The van der Waals surface area contributed by atoms with Gasteiger partial charge in [-0.2, -0.15) is 10.1 Å². The fourth-order valence-electron chi connectivity index (χ4n) is 2.05. The molecule has 8 heteroatoms. The largest absolute Gasteiger partial charge is 0.343 e. The predicted octanol–water partition coefficient (Wildman–Crippen LogP) is 1.25. The Morgan fingerprint density at radius 2 is 2.28 bits per heavy atom. The van der Waals surface area contributed by atoms with Crippen LogP contribution in [0.1, 0.15) is 17.3 Å². The van der Waals surface area contributed by atoms with Crippen LogP contribution in [0.25, 0.3) is 11.2 Å². The first-order valence-electron chi connectivity index (χ1n) is 5.40. The summed E-state index contributed by atoms with van der Waals surface area (Å²) >= 11 is 5.93. The van der Waals surface area contributed by atoms with Gasteiger partial charge in [-0.05, 0) is 6.92 Å². The number of nitrogens with zero attached hydrogens (tertiary/aromatic N) is 6. The number of fused-ring (bicyclic) bond motifs is 1. The minimum atomic E-state index is 0.325. The van der Waals surface area contributed by atoms with Gasteiger partial charge in [-0.3, -0.25) is 4.68 Å². The van der Waals surface area contributed by atoms with Crippen LogP contribution in [0.5, 0.6) is 0 Å². The maximum absolute atomic E-state index is 5.93. The minimum absolute atomic E-state index is 0.325. The highest BCUT2D eigenvalue weighted by Gasteiger charge is 2.17. The van der Waals surface area contributed by atoms with Crippen LogP contribution >= 0.6 is 11.6 Å². The molecule has 0 bridgehead atoms. The van der Waals surface area contributed by atoms with E-state index in [0.717, 1.165) is 22.7 Å². The maximum atomic E-state index is 5.93. The van der Waals surface area contributed by atoms with Gasteiger partial charge in [0.25, 0.3) is 0 Å². The van der Waals surface area contributed by atoms with Gasteiger partial charge in [-0.25, -0.2) is 4.98 Å². The van der Waals surface area contributed by atoms with Crippen LogP contribution in [0.4, 0.5) is 0 Å². The minimum Gasteiger partial charge on any atom is -0.343 e. The molecule has 7 nitrogen and oxygen atoms in total. The van der Waals surface area contributed by atoms with Gasteiger partial charge in [0.1, 0.15) is 11.3 Å². The molecule has 0 amide bonds. The van der Waals surface area contributed by atoms with Gasteiger partial charge >= 0.3 is 0 Å². The van der Waals surface area contributed by atoms with Crippen molar-refractivity contribution in [2.75, 3.05) is 0 Å². The maximum Gasteiger partial charge on any atom is 0.213 e. The Balaban J connectivity index is 2.18. The summed E-state index contributed by atoms with van der Waals surface area (Å²) in [5, 5.41) is 8.14. The van der Waals surface area contributed by atoms with Crippen LogP contribution in [-0.4, -0.2) is 29.5 Å². The first-order valence-corrected chi connectivity index (χ1v) is 5.94. The quantitative estimate of drug-likeness (QED) is 0.667. The summed E-state index contributed by atoms with van der Waals surface area (Å²) in [4.78, 5) is 8.50. The van der Waals surface area contributed by atoms with Crippen molar-refractivity contribution in [1.82, 2.24) is 29.5 Å². The van der Waals surface area contributed by atoms with Gasteiger partial charge in [0, 0.05) is 7.05 Å². The van der Waals surface area contributed by atoms with E-state index in [1.807, 2.05) is 18.5 Å². The number of aryl methyl sites for hydroxylation is 2. The number of aromatic nitrogens is 6. The smallest absolute Gasteiger partial charge is 0.213 e. The molecule has 3 aromatic rings. The number of imidazole rings is 1. The second kappa shape index (κ2) is 4.09. The molecule has 3 aromatic heterocycles. The SMILES string of the molecule is Cc1nn(C)c2c1nc(CCl)n2Cc1ncon1. The first kappa shape index (κ1) is 11.2. The van der Waals surface area contributed by atoms with Crippen molar-refractivity contribution in [1.29, 1.82) is 0 Å². The van der Waals surface area contributed by atoms with Gasteiger partial charge in [-0.1, -0.05) is 5.16 Å². The van der Waals surface area contributed by atoms with E-state index >= 15 is 0 Å². The molecule has 0 aliphatic carbocycles. The Labute approximate surface area is 107 Å². The Bertz CT molecular complexity index is 683. The van der Waals surface area contributed by atoms with E-state index in [1.165, 1.54) is 6.39 Å². The van der Waals surface area contributed by atoms with Crippen molar-refractivity contribution < 1.29 is 4.52 Å². The third-order valence-electron chi connectivity index (χ3n) is 2.80. The Morgan fingerprint density at radius 3 is 2.94 bits per heavy atom. The lowest BCUT2D eigenvalue weighted by atomic mass is 10.4. The molecule has 18 heavy (non-hydrogen) atoms. The second-order valence-electron chi connectivity index (χ2n) is 3.98. The first-order chi connectivity index (χ1) is 8.70. The van der Waals surface area contributed by atoms with E-state index in [0.29, 0.717) is 18.2 Å². The lowest BCUT2D eigenvalue weighted by Crippen LogP contribution is -2.08. The van der Waals surface area contributed by atoms with Crippen molar-refractivity contribution in [3.63, 3.8) is 0 Å². The topological polar surface area (TPSA) is 74.6 Å². The van der Waals surface area contributed by atoms with Crippen molar-refractivity contribution >= 4 is 22.8 Å². The highest BCUT2D eigenvalue weighted by Crippen LogP contribution is 2.20. The van der Waals surface area contributed by atoms with Gasteiger partial charge in [0.2, 0.25) is 6.39 Å². The molecule has 0 spiro atoms. The molecule has 0 aromatic carbocycles. The highest BCUT2D eigenvalue weighted by atomic mass is 35.5. The molecule has 0 aliphatic heterocycles. The molecule has 94 valence electrons. The third kappa shape index (κ3) is 1.59. The Kier molecular flexibility index (Phi) is 2.55. The molecule has 0 fully saturated rings. The fraction of sp³-hybridized carbons (Fsp3) is 0.400. The zero-order valence-electron chi connectivity index (χ0n) is 9.96. The van der Waals surface area contributed by atoms with E-state index in [9.17, 15) is 0 Å². The molecule has 0 aliphatic rings. The van der Waals surface area contributed by atoms with Crippen molar-refractivity contribution in [3.8, 4) is 0 Å². The van der Waals surface area contributed by atoms with Gasteiger partial charge < -0.3 is 9.09 Å². The predicted molar refractivity (Wildman–Crippen MR) is 64.2 cm³/mol. The molecule has 3 rings (SSSR count). The molecule has 0 N–H and O–H groups in total. The Hall–Kier alpha value is -1.89. The van der Waals surface area contributed by atoms with Crippen LogP contribution in [0.2, 0.25) is 0 Å². The zero-order chi connectivity index (χ0) is 12.7. The van der Waals surface area contributed by atoms with Gasteiger partial charge in [0.15, 0.2) is 11.5 Å². The number of rotatable bonds is 3. The molecule has 3 heterocycles. The summed E-state index contributed by atoms with van der Waals surface area (Å²) in [6.45, 7) is 2.39. The molecule has 0 atom stereocenters. The normalized spacial score (nSPS) is 11.5. The number of hydrogen-bond acceptors (Lipinski definition) is 5. The summed E-state index contributed by atoms with van der Waals surface area (Å²) in [5.41, 5.74) is 2.65.